The van der Waals surface area contributed by atoms with Gasteiger partial charge in [-0.15, -0.1) is 0 Å². The lowest BCUT2D eigenvalue weighted by molar-refractivity contribution is 0.932. The number of aryl methyl sites for hydroxylation is 1. The van der Waals surface area contributed by atoms with E-state index in [4.69, 9.17) is 5.84 Å². The first-order valence-corrected chi connectivity index (χ1v) is 5.65. The van der Waals surface area contributed by atoms with E-state index in [1.54, 1.807) is 0 Å². The van der Waals surface area contributed by atoms with Gasteiger partial charge in [0.1, 0.15) is 11.6 Å². The van der Waals surface area contributed by atoms with Crippen molar-refractivity contribution in [3.8, 4) is 11.3 Å². The van der Waals surface area contributed by atoms with Crippen molar-refractivity contribution in [2.45, 2.75) is 20.3 Å². The monoisotopic (exact) mass is 228 g/mol. The Morgan fingerprint density at radius 2 is 1.88 bits per heavy atom. The number of nitrogen functional groups attached to an aromatic ring is 1. The van der Waals surface area contributed by atoms with Gasteiger partial charge in [-0.1, -0.05) is 37.3 Å². The molecule has 3 N–H and O–H groups in total. The molecule has 0 atom stereocenters. The van der Waals surface area contributed by atoms with Gasteiger partial charge < -0.3 is 5.43 Å². The molecule has 4 nitrogen and oxygen atoms in total. The molecule has 2 rings (SSSR count). The summed E-state index contributed by atoms with van der Waals surface area (Å²) >= 11 is 0. The SMILES string of the molecule is CCc1nc(NN)c(C)c(-c2ccccc2)n1. The summed E-state index contributed by atoms with van der Waals surface area (Å²) in [6.07, 6.45) is 0.787. The molecule has 0 bridgehead atoms. The maximum Gasteiger partial charge on any atom is 0.147 e. The number of hydrogen-bond acceptors (Lipinski definition) is 4. The van der Waals surface area contributed by atoms with Crippen LogP contribution in [0.5, 0.6) is 0 Å². The predicted octanol–water partition coefficient (Wildman–Crippen LogP) is 2.30. The van der Waals surface area contributed by atoms with E-state index in [9.17, 15) is 0 Å². The minimum Gasteiger partial charge on any atom is -0.308 e. The predicted molar refractivity (Wildman–Crippen MR) is 69.4 cm³/mol. The van der Waals surface area contributed by atoms with Crippen molar-refractivity contribution in [2.24, 2.45) is 5.84 Å². The summed E-state index contributed by atoms with van der Waals surface area (Å²) in [5, 5.41) is 0. The van der Waals surface area contributed by atoms with E-state index in [2.05, 4.69) is 15.4 Å². The van der Waals surface area contributed by atoms with Crippen LogP contribution in [0.2, 0.25) is 0 Å². The molecular formula is C13H16N4. The fourth-order valence-corrected chi connectivity index (χ4v) is 1.74. The number of hydrogen-bond donors (Lipinski definition) is 2. The van der Waals surface area contributed by atoms with Crippen molar-refractivity contribution < 1.29 is 0 Å². The molecule has 0 radical (unpaired) electrons. The number of nitrogens with zero attached hydrogens (tertiary/aromatic N) is 2. The van der Waals surface area contributed by atoms with Crippen LogP contribution in [0.1, 0.15) is 18.3 Å². The van der Waals surface area contributed by atoms with E-state index in [1.807, 2.05) is 44.2 Å². The number of anilines is 1. The molecule has 1 aromatic heterocycles. The van der Waals surface area contributed by atoms with Crippen molar-refractivity contribution in [1.82, 2.24) is 9.97 Å². The second-order valence-corrected chi connectivity index (χ2v) is 3.83. The number of rotatable bonds is 3. The number of hydrazine groups is 1. The van der Waals surface area contributed by atoms with Crippen LogP contribution in [0.15, 0.2) is 30.3 Å². The minimum atomic E-state index is 0.690. The molecule has 0 aliphatic rings. The fourth-order valence-electron chi connectivity index (χ4n) is 1.74. The second kappa shape index (κ2) is 4.93. The largest absolute Gasteiger partial charge is 0.308 e. The van der Waals surface area contributed by atoms with Gasteiger partial charge in [0.05, 0.1) is 5.69 Å². The van der Waals surface area contributed by atoms with Crippen LogP contribution in [0.4, 0.5) is 5.82 Å². The molecule has 0 unspecified atom stereocenters. The molecule has 2 aromatic rings. The normalized spacial score (nSPS) is 10.3. The van der Waals surface area contributed by atoms with Gasteiger partial charge in [-0.3, -0.25) is 0 Å². The molecule has 0 aliphatic carbocycles. The molecule has 0 amide bonds. The minimum absolute atomic E-state index is 0.690. The summed E-state index contributed by atoms with van der Waals surface area (Å²) in [5.41, 5.74) is 5.62. The van der Waals surface area contributed by atoms with Crippen molar-refractivity contribution in [3.05, 3.63) is 41.7 Å². The van der Waals surface area contributed by atoms with Gasteiger partial charge in [0.15, 0.2) is 0 Å². The van der Waals surface area contributed by atoms with Crippen LogP contribution in [0.3, 0.4) is 0 Å². The molecule has 4 heteroatoms. The lowest BCUT2D eigenvalue weighted by Crippen LogP contribution is -2.13. The first-order chi connectivity index (χ1) is 8.26. The van der Waals surface area contributed by atoms with Gasteiger partial charge in [-0.05, 0) is 6.92 Å². The van der Waals surface area contributed by atoms with Crippen LogP contribution in [0, 0.1) is 6.92 Å². The summed E-state index contributed by atoms with van der Waals surface area (Å²) in [5.74, 6) is 6.97. The molecule has 0 saturated carbocycles. The van der Waals surface area contributed by atoms with Crippen LogP contribution in [0.25, 0.3) is 11.3 Å². The van der Waals surface area contributed by atoms with Crippen LogP contribution < -0.4 is 11.3 Å². The van der Waals surface area contributed by atoms with Gasteiger partial charge >= 0.3 is 0 Å². The Morgan fingerprint density at radius 3 is 2.47 bits per heavy atom. The van der Waals surface area contributed by atoms with Crippen LogP contribution in [-0.4, -0.2) is 9.97 Å². The number of aromatic nitrogens is 2. The summed E-state index contributed by atoms with van der Waals surface area (Å²) in [4.78, 5) is 8.91. The smallest absolute Gasteiger partial charge is 0.147 e. The third-order valence-corrected chi connectivity index (χ3v) is 2.69. The Bertz CT molecular complexity index is 508. The van der Waals surface area contributed by atoms with Gasteiger partial charge in [0.25, 0.3) is 0 Å². The standard InChI is InChI=1S/C13H16N4/c1-3-11-15-12(9(2)13(16-11)17-14)10-7-5-4-6-8-10/h4-8H,3,14H2,1-2H3,(H,15,16,17). The lowest BCUT2D eigenvalue weighted by Gasteiger charge is -2.11. The van der Waals surface area contributed by atoms with Crippen LogP contribution >= 0.6 is 0 Å². The first-order valence-electron chi connectivity index (χ1n) is 5.65. The highest BCUT2D eigenvalue weighted by molar-refractivity contribution is 5.67. The van der Waals surface area contributed by atoms with E-state index in [-0.39, 0.29) is 0 Å². The summed E-state index contributed by atoms with van der Waals surface area (Å²) in [6.45, 7) is 4.00. The molecule has 0 spiro atoms. The quantitative estimate of drug-likeness (QED) is 0.625. The fraction of sp³-hybridized carbons (Fsp3) is 0.231. The van der Waals surface area contributed by atoms with Gasteiger partial charge in [0, 0.05) is 17.5 Å². The van der Waals surface area contributed by atoms with Crippen molar-refractivity contribution in [3.63, 3.8) is 0 Å². The molecule has 0 saturated heterocycles. The third kappa shape index (κ3) is 2.26. The molecule has 1 aromatic carbocycles. The number of nitrogens with one attached hydrogen (secondary N) is 1. The van der Waals surface area contributed by atoms with E-state index in [0.29, 0.717) is 5.82 Å². The van der Waals surface area contributed by atoms with Crippen molar-refractivity contribution >= 4 is 5.82 Å². The molecule has 0 fully saturated rings. The van der Waals surface area contributed by atoms with E-state index in [1.165, 1.54) is 0 Å². The maximum absolute atomic E-state index is 5.48. The molecule has 17 heavy (non-hydrogen) atoms. The molecule has 0 aliphatic heterocycles. The second-order valence-electron chi connectivity index (χ2n) is 3.83. The Hall–Kier alpha value is -1.94. The Morgan fingerprint density at radius 1 is 1.18 bits per heavy atom. The highest BCUT2D eigenvalue weighted by Crippen LogP contribution is 2.25. The highest BCUT2D eigenvalue weighted by Gasteiger charge is 2.10. The van der Waals surface area contributed by atoms with E-state index < -0.39 is 0 Å². The maximum atomic E-state index is 5.48. The van der Waals surface area contributed by atoms with Crippen molar-refractivity contribution in [2.75, 3.05) is 5.43 Å². The van der Waals surface area contributed by atoms with Gasteiger partial charge in [-0.2, -0.15) is 0 Å². The van der Waals surface area contributed by atoms with E-state index >= 15 is 0 Å². The molecule has 88 valence electrons. The van der Waals surface area contributed by atoms with Crippen molar-refractivity contribution in [1.29, 1.82) is 0 Å². The summed E-state index contributed by atoms with van der Waals surface area (Å²) < 4.78 is 0. The first kappa shape index (κ1) is 11.5. The van der Waals surface area contributed by atoms with Crippen LogP contribution in [-0.2, 0) is 6.42 Å². The highest BCUT2D eigenvalue weighted by atomic mass is 15.3. The Labute approximate surface area is 101 Å². The lowest BCUT2D eigenvalue weighted by atomic mass is 10.1. The zero-order chi connectivity index (χ0) is 12.3. The zero-order valence-corrected chi connectivity index (χ0v) is 10.1. The Kier molecular flexibility index (Phi) is 3.35. The van der Waals surface area contributed by atoms with Gasteiger partial charge in [-0.25, -0.2) is 15.8 Å². The third-order valence-electron chi connectivity index (χ3n) is 2.69. The average molecular weight is 228 g/mol. The number of benzene rings is 1. The zero-order valence-electron chi connectivity index (χ0n) is 10.1. The van der Waals surface area contributed by atoms with Gasteiger partial charge in [0.2, 0.25) is 0 Å². The number of nitrogens with two attached hydrogens (primary N) is 1. The Balaban J connectivity index is 2.60. The molecule has 1 heterocycles. The summed E-state index contributed by atoms with van der Waals surface area (Å²) in [6, 6.07) is 10.1. The van der Waals surface area contributed by atoms with E-state index in [0.717, 1.165) is 29.1 Å². The average Bonchev–Trinajstić information content (AvgIpc) is 2.40. The topological polar surface area (TPSA) is 63.8 Å². The summed E-state index contributed by atoms with van der Waals surface area (Å²) in [7, 11) is 0. The molecular weight excluding hydrogens is 212 g/mol.